The highest BCUT2D eigenvalue weighted by Crippen LogP contribution is 2.33. The predicted molar refractivity (Wildman–Crippen MR) is 395 cm³/mol. The molecular weight excluding hydrogens is 1300 g/mol. The number of phenols is 3. The average Bonchev–Trinajstić information content (AvgIpc) is 0.778. The van der Waals surface area contributed by atoms with Gasteiger partial charge in [0.1, 0.15) is 65.8 Å². The molecule has 0 radical (unpaired) electrons. The van der Waals surface area contributed by atoms with Gasteiger partial charge in [0.25, 0.3) is 10.1 Å². The van der Waals surface area contributed by atoms with E-state index in [0.717, 1.165) is 136 Å². The van der Waals surface area contributed by atoms with Crippen molar-refractivity contribution >= 4 is 53.7 Å². The van der Waals surface area contributed by atoms with Crippen molar-refractivity contribution in [1.82, 2.24) is 19.9 Å². The first kappa shape index (κ1) is 72.8. The van der Waals surface area contributed by atoms with Gasteiger partial charge in [0.2, 0.25) is 0 Å². The number of phenolic OH excluding ortho intramolecular Hbond substituents is 3. The molecule has 520 valence electrons. The Morgan fingerprint density at radius 3 is 0.772 bits per heavy atom. The summed E-state index contributed by atoms with van der Waals surface area (Å²) in [5.41, 5.74) is 10.5. The number of aromatic nitrogens is 4. The second kappa shape index (κ2) is 37.8. The van der Waals surface area contributed by atoms with Gasteiger partial charge in [0, 0.05) is 43.8 Å². The Hall–Kier alpha value is -11.0. The van der Waals surface area contributed by atoms with Gasteiger partial charge < -0.3 is 58.0 Å². The van der Waals surface area contributed by atoms with Gasteiger partial charge in [-0.3, -0.25) is 4.18 Å². The van der Waals surface area contributed by atoms with Gasteiger partial charge in [-0.25, -0.2) is 19.9 Å². The van der Waals surface area contributed by atoms with Crippen molar-refractivity contribution in [2.24, 2.45) is 0 Å². The number of hydrogen-bond donors (Lipinski definition) is 3. The van der Waals surface area contributed by atoms with E-state index in [9.17, 15) is 23.7 Å². The van der Waals surface area contributed by atoms with Crippen LogP contribution in [-0.2, 0) is 33.2 Å². The topological polar surface area (TPSA) is 239 Å². The van der Waals surface area contributed by atoms with E-state index in [2.05, 4.69) is 41.6 Å². The van der Waals surface area contributed by atoms with Crippen molar-refractivity contribution < 1.29 is 70.6 Å². The second-order valence-electron chi connectivity index (χ2n) is 22.7. The average molecular weight is 1380 g/mol. The Labute approximate surface area is 587 Å². The smallest absolute Gasteiger partial charge is 0.264 e. The lowest BCUT2D eigenvalue weighted by Crippen LogP contribution is -2.14. The number of benzene rings is 8. The molecule has 4 heterocycles. The zero-order valence-electron chi connectivity index (χ0n) is 56.1. The maximum absolute atomic E-state index is 10.7. The Kier molecular flexibility index (Phi) is 27.3. The molecule has 0 spiro atoms. The third-order valence-corrected chi connectivity index (χ3v) is 15.9. The molecule has 0 unspecified atom stereocenters. The molecule has 19 nitrogen and oxygen atoms in total. The molecule has 20 heteroatoms. The van der Waals surface area contributed by atoms with Crippen molar-refractivity contribution in [3.05, 3.63) is 244 Å². The van der Waals surface area contributed by atoms with Crippen LogP contribution >= 0.6 is 0 Å². The normalized spacial score (nSPS) is 11.1. The predicted octanol–water partition coefficient (Wildman–Crippen LogP) is 15.8. The third kappa shape index (κ3) is 22.8. The summed E-state index contributed by atoms with van der Waals surface area (Å²) in [4.78, 5) is 19.7. The number of pyridine rings is 4. The van der Waals surface area contributed by atoms with Gasteiger partial charge in [-0.15, -0.1) is 13.2 Å². The first-order chi connectivity index (χ1) is 49.3. The molecule has 0 aliphatic heterocycles. The highest BCUT2D eigenvalue weighted by Gasteiger charge is 2.13. The summed E-state index contributed by atoms with van der Waals surface area (Å²) in [6.07, 6.45) is 6.27. The van der Waals surface area contributed by atoms with Crippen molar-refractivity contribution in [1.29, 1.82) is 0 Å². The van der Waals surface area contributed by atoms with E-state index in [4.69, 9.17) is 62.6 Å². The molecule has 12 rings (SSSR count). The first-order valence-corrected chi connectivity index (χ1v) is 34.8. The second-order valence-corrected chi connectivity index (χ2v) is 24.3. The largest absolute Gasteiger partial charge is 0.508 e. The van der Waals surface area contributed by atoms with Crippen LogP contribution in [0.1, 0.15) is 12.8 Å². The first-order valence-electron chi connectivity index (χ1n) is 33.0. The van der Waals surface area contributed by atoms with Crippen LogP contribution in [0.2, 0.25) is 0 Å². The molecule has 0 saturated heterocycles. The van der Waals surface area contributed by atoms with Crippen LogP contribution in [0.25, 0.3) is 88.6 Å². The Balaban J connectivity index is 0.000000177. The van der Waals surface area contributed by atoms with Crippen LogP contribution in [-0.4, -0.2) is 142 Å². The zero-order valence-corrected chi connectivity index (χ0v) is 56.9. The highest BCUT2D eigenvalue weighted by atomic mass is 32.2. The molecule has 0 atom stereocenters. The van der Waals surface area contributed by atoms with Gasteiger partial charge in [-0.05, 0) is 183 Å². The minimum Gasteiger partial charge on any atom is -0.508 e. The Morgan fingerprint density at radius 2 is 0.515 bits per heavy atom. The van der Waals surface area contributed by atoms with Gasteiger partial charge in [0.15, 0.2) is 0 Å². The fourth-order valence-electron chi connectivity index (χ4n) is 10.1. The molecule has 0 amide bonds. The molecule has 0 bridgehead atoms. The van der Waals surface area contributed by atoms with E-state index < -0.39 is 10.1 Å². The van der Waals surface area contributed by atoms with E-state index in [1.807, 2.05) is 170 Å². The number of hydrogen-bond acceptors (Lipinski definition) is 19. The molecule has 101 heavy (non-hydrogen) atoms. The standard InChI is InChI=1S/C40H38N2O6.C24H16N2O2.C17H26O7S/c1-2-3-22-46-35-16-18-36(19-17-35)48-28-26-45-24-23-44-25-27-47-34-14-8-30(9-15-34)38-21-11-32-5-4-31-10-20-37(41-39(31)40(32)42-38)29-6-12-33(43)13-7-29;27-19-9-3-15(4-10-19)21-13-7-17-1-2-18-8-14-22(26-24(18)23(17)25-21)16-5-11-20(28)12-6-16;1-3-4-9-22-16-5-7-17(8-6-16)23-14-12-20-10-11-21-13-15-24-25(2,18)19/h2,4-21,43H,1,3,22-28H2;1-14,27-28H;3,5-8H,1,4,9-15H2,2H3. The number of fused-ring (bicyclic) bond motifs is 6. The minimum absolute atomic E-state index is 0.00917. The maximum atomic E-state index is 10.7. The minimum atomic E-state index is -3.40. The number of nitrogens with zero attached hydrogens (tertiary/aromatic N) is 4. The molecule has 3 N–H and O–H groups in total. The Bertz CT molecular complexity index is 4600. The lowest BCUT2D eigenvalue weighted by atomic mass is 10.1. The summed E-state index contributed by atoms with van der Waals surface area (Å²) in [5, 5.41) is 32.8. The van der Waals surface area contributed by atoms with Crippen LogP contribution in [0.5, 0.6) is 46.0 Å². The number of ether oxygens (including phenoxy) is 9. The maximum Gasteiger partial charge on any atom is 0.264 e. The molecule has 12 aromatic rings. The van der Waals surface area contributed by atoms with E-state index in [-0.39, 0.29) is 30.5 Å². The summed E-state index contributed by atoms with van der Waals surface area (Å²) in [6.45, 7) is 13.2. The summed E-state index contributed by atoms with van der Waals surface area (Å²) in [7, 11) is -3.40. The summed E-state index contributed by atoms with van der Waals surface area (Å²) in [6, 6.07) is 68.3. The number of aromatic hydroxyl groups is 3. The summed E-state index contributed by atoms with van der Waals surface area (Å²) in [5.74, 6) is 4.58. The third-order valence-electron chi connectivity index (χ3n) is 15.3. The van der Waals surface area contributed by atoms with Gasteiger partial charge >= 0.3 is 0 Å². The van der Waals surface area contributed by atoms with Crippen LogP contribution < -0.4 is 23.7 Å². The lowest BCUT2D eigenvalue weighted by molar-refractivity contribution is 0.0273. The molecule has 8 aromatic carbocycles. The monoisotopic (exact) mass is 1380 g/mol. The Morgan fingerprint density at radius 1 is 0.297 bits per heavy atom. The quantitative estimate of drug-likeness (QED) is 0.0147. The molecule has 4 aromatic heterocycles. The van der Waals surface area contributed by atoms with Crippen LogP contribution in [0.15, 0.2) is 244 Å². The van der Waals surface area contributed by atoms with E-state index in [1.165, 1.54) is 0 Å². The molecular formula is C81H80N4O15S. The number of rotatable bonds is 34. The summed E-state index contributed by atoms with van der Waals surface area (Å²) >= 11 is 0. The molecule has 0 aliphatic rings. The van der Waals surface area contributed by atoms with Crippen molar-refractivity contribution in [3.8, 4) is 91.0 Å². The molecule has 0 aliphatic carbocycles. The zero-order chi connectivity index (χ0) is 70.4. The van der Waals surface area contributed by atoms with Crippen molar-refractivity contribution in [2.75, 3.05) is 98.8 Å². The molecule has 0 saturated carbocycles. The van der Waals surface area contributed by atoms with E-state index in [0.29, 0.717) is 79.3 Å². The van der Waals surface area contributed by atoms with Crippen molar-refractivity contribution in [3.63, 3.8) is 0 Å². The van der Waals surface area contributed by atoms with E-state index >= 15 is 0 Å². The highest BCUT2D eigenvalue weighted by molar-refractivity contribution is 7.86. The van der Waals surface area contributed by atoms with Crippen LogP contribution in [0, 0.1) is 0 Å². The van der Waals surface area contributed by atoms with Gasteiger partial charge in [0.05, 0.1) is 124 Å². The summed E-state index contributed by atoms with van der Waals surface area (Å²) < 4.78 is 75.9. The van der Waals surface area contributed by atoms with Crippen LogP contribution in [0.4, 0.5) is 0 Å². The fraction of sp³-hybridized carbons (Fsp3) is 0.210. The fourth-order valence-corrected chi connectivity index (χ4v) is 10.5. The van der Waals surface area contributed by atoms with Crippen LogP contribution in [0.3, 0.4) is 0 Å². The lowest BCUT2D eigenvalue weighted by Gasteiger charge is -2.10. The van der Waals surface area contributed by atoms with Crippen molar-refractivity contribution in [2.45, 2.75) is 12.8 Å². The van der Waals surface area contributed by atoms with Gasteiger partial charge in [-0.2, -0.15) is 8.42 Å². The SMILES string of the molecule is C=CCCOc1ccc(OCCOCCOCCOS(C)(=O)=O)cc1.C=CCCOc1ccc(OCCOCCOCCOc2ccc(-c3ccc4ccc5ccc(-c6ccc(O)cc6)nc5c4n3)cc2)cc1.Oc1ccc(-c2ccc3ccc4ccc(-c5ccc(O)cc5)nc4c3n2)cc1. The molecule has 0 fully saturated rings. The van der Waals surface area contributed by atoms with E-state index in [1.54, 1.807) is 36.4 Å². The van der Waals surface area contributed by atoms with Gasteiger partial charge in [-0.1, -0.05) is 60.7 Å².